The smallest absolute Gasteiger partial charge is 0.351 e. The Morgan fingerprint density at radius 2 is 1.94 bits per heavy atom. The quantitative estimate of drug-likeness (QED) is 0.117. The molecular weight excluding hydrogens is 456 g/mol. The van der Waals surface area contributed by atoms with Gasteiger partial charge in [0.15, 0.2) is 18.3 Å². The Balaban J connectivity index is 2.29. The summed E-state index contributed by atoms with van der Waals surface area (Å²) in [5, 5.41) is 28.5. The Kier molecular flexibility index (Phi) is 8.84. The van der Waals surface area contributed by atoms with E-state index in [0.29, 0.717) is 0 Å². The van der Waals surface area contributed by atoms with Crippen LogP contribution in [0, 0.1) is 0 Å². The summed E-state index contributed by atoms with van der Waals surface area (Å²) in [6, 6.07) is -1.64. The van der Waals surface area contributed by atoms with E-state index in [4.69, 9.17) is 27.7 Å². The molecule has 1 aliphatic heterocycles. The summed E-state index contributed by atoms with van der Waals surface area (Å²) in [7, 11) is 1.51. The molecule has 0 aromatic carbocycles. The number of carbonyl (C=O) groups excluding carboxylic acids is 3. The van der Waals surface area contributed by atoms with Crippen LogP contribution in [0.15, 0.2) is 22.1 Å². The third kappa shape index (κ3) is 6.38. The van der Waals surface area contributed by atoms with Crippen LogP contribution in [0.1, 0.15) is 6.23 Å². The molecule has 1 aromatic rings. The highest BCUT2D eigenvalue weighted by Crippen LogP contribution is 2.27. The van der Waals surface area contributed by atoms with Gasteiger partial charge in [-0.25, -0.2) is 4.79 Å². The van der Waals surface area contributed by atoms with Gasteiger partial charge in [0.1, 0.15) is 24.1 Å². The lowest BCUT2D eigenvalue weighted by Gasteiger charge is -2.42. The van der Waals surface area contributed by atoms with E-state index >= 15 is 0 Å². The Bertz CT molecular complexity index is 995. The zero-order valence-corrected chi connectivity index (χ0v) is 18.1. The van der Waals surface area contributed by atoms with Gasteiger partial charge in [-0.05, 0) is 13.1 Å². The molecule has 2 rings (SSSR count). The number of rotatable bonds is 9. The summed E-state index contributed by atoms with van der Waals surface area (Å²) < 4.78 is 6.27. The van der Waals surface area contributed by atoms with Crippen LogP contribution in [-0.4, -0.2) is 94.0 Å². The van der Waals surface area contributed by atoms with Gasteiger partial charge in [-0.3, -0.25) is 23.9 Å². The zero-order valence-electron chi connectivity index (χ0n) is 18.1. The van der Waals surface area contributed by atoms with Crippen molar-refractivity contribution in [2.75, 3.05) is 25.9 Å². The van der Waals surface area contributed by atoms with Crippen molar-refractivity contribution >= 4 is 29.5 Å². The van der Waals surface area contributed by atoms with Crippen LogP contribution in [0.4, 0.5) is 5.82 Å². The van der Waals surface area contributed by atoms with Crippen molar-refractivity contribution in [2.45, 2.75) is 36.6 Å². The number of anilines is 1. The molecule has 34 heavy (non-hydrogen) atoms. The zero-order chi connectivity index (χ0) is 25.6. The molecule has 0 spiro atoms. The number of likely N-dealkylation sites (N-methyl/N-ethyl adjacent to an activating group) is 1. The molecule has 0 aliphatic carbocycles. The first-order valence-corrected chi connectivity index (χ1v) is 9.91. The van der Waals surface area contributed by atoms with Crippen LogP contribution in [0.25, 0.3) is 0 Å². The highest BCUT2D eigenvalue weighted by molar-refractivity contribution is 5.90. The molecular formula is C17H28N10O7. The highest BCUT2D eigenvalue weighted by Gasteiger charge is 2.49. The van der Waals surface area contributed by atoms with Crippen molar-refractivity contribution in [3.63, 3.8) is 0 Å². The molecule has 188 valence electrons. The highest BCUT2D eigenvalue weighted by atomic mass is 16.5. The first-order valence-electron chi connectivity index (χ1n) is 9.91. The fourth-order valence-corrected chi connectivity index (χ4v) is 3.19. The third-order valence-corrected chi connectivity index (χ3v) is 4.78. The minimum atomic E-state index is -1.83. The molecule has 1 aromatic heterocycles. The lowest BCUT2D eigenvalue weighted by Crippen LogP contribution is -2.67. The van der Waals surface area contributed by atoms with Crippen LogP contribution in [0.5, 0.6) is 0 Å². The van der Waals surface area contributed by atoms with Gasteiger partial charge < -0.3 is 53.8 Å². The van der Waals surface area contributed by atoms with Crippen molar-refractivity contribution in [1.82, 2.24) is 25.5 Å². The Labute approximate surface area is 192 Å². The Morgan fingerprint density at radius 1 is 1.26 bits per heavy atom. The maximum absolute atomic E-state index is 12.9. The first-order chi connectivity index (χ1) is 16.0. The number of nitrogen functional groups attached to an aromatic ring is 1. The van der Waals surface area contributed by atoms with Crippen molar-refractivity contribution in [3.05, 3.63) is 22.7 Å². The van der Waals surface area contributed by atoms with E-state index in [1.165, 1.54) is 13.1 Å². The average Bonchev–Trinajstić information content (AvgIpc) is 2.75. The molecule has 1 fully saturated rings. The van der Waals surface area contributed by atoms with E-state index in [9.17, 15) is 29.4 Å². The Morgan fingerprint density at radius 3 is 2.50 bits per heavy atom. The number of hydrogen-bond acceptors (Lipinski definition) is 11. The fraction of sp³-hybridized carbons (Fsp3) is 0.529. The van der Waals surface area contributed by atoms with Gasteiger partial charge in [0, 0.05) is 6.20 Å². The normalized spacial score (nSPS) is 25.1. The number of aliphatic hydroxyl groups excluding tert-OH is 2. The number of nitrogens with one attached hydrogen (secondary N) is 3. The number of hydrogen-bond donors (Lipinski definition) is 9. The minimum Gasteiger partial charge on any atom is -0.388 e. The minimum absolute atomic E-state index is 0.101. The van der Waals surface area contributed by atoms with E-state index in [1.54, 1.807) is 0 Å². The molecule has 0 bridgehead atoms. The molecule has 17 heteroatoms. The van der Waals surface area contributed by atoms with Crippen LogP contribution in [-0.2, 0) is 19.1 Å². The third-order valence-electron chi connectivity index (χ3n) is 4.78. The number of aliphatic imine (C=N–C) groups is 1. The van der Waals surface area contributed by atoms with Crippen LogP contribution < -0.4 is 44.6 Å². The summed E-state index contributed by atoms with van der Waals surface area (Å²) in [6.45, 7) is -0.498. The number of aromatic nitrogens is 2. The van der Waals surface area contributed by atoms with Gasteiger partial charge in [-0.2, -0.15) is 4.98 Å². The standard InChI is InChI=1S/C17H28N10O7/c1-22-5-8(28)24-6(4-23-16(20)21)14(32)26-9-10(29)11(30)15(34-12(9)13(19)31)27-3-2-7(18)25-17(27)33/h2-3,6,9-12,15,22,29-30H,4-5H2,1H3,(H2,19,31)(H,24,28)(H,26,32)(H2,18,25,33)(H4,20,21,23)/t6-,9+,10+,11+,12-,15+/m0/s1. The predicted octanol–water partition coefficient (Wildman–Crippen LogP) is -6.61. The number of nitrogens with zero attached hydrogens (tertiary/aromatic N) is 3. The van der Waals surface area contributed by atoms with Gasteiger partial charge in [0.05, 0.1) is 19.1 Å². The van der Waals surface area contributed by atoms with Gasteiger partial charge >= 0.3 is 5.69 Å². The van der Waals surface area contributed by atoms with E-state index in [-0.39, 0.29) is 24.9 Å². The lowest BCUT2D eigenvalue weighted by atomic mass is 9.94. The maximum Gasteiger partial charge on any atom is 0.351 e. The van der Waals surface area contributed by atoms with Crippen molar-refractivity contribution in [3.8, 4) is 0 Å². The molecule has 0 radical (unpaired) electrons. The average molecular weight is 484 g/mol. The second-order valence-electron chi connectivity index (χ2n) is 7.32. The lowest BCUT2D eigenvalue weighted by molar-refractivity contribution is -0.212. The summed E-state index contributed by atoms with van der Waals surface area (Å²) in [5.74, 6) is -3.05. The van der Waals surface area contributed by atoms with Crippen LogP contribution in [0.3, 0.4) is 0 Å². The van der Waals surface area contributed by atoms with Crippen molar-refractivity contribution < 1.29 is 29.3 Å². The van der Waals surface area contributed by atoms with Gasteiger partial charge in [0.25, 0.3) is 0 Å². The molecule has 17 nitrogen and oxygen atoms in total. The first kappa shape index (κ1) is 26.5. The molecule has 6 atom stereocenters. The van der Waals surface area contributed by atoms with Crippen molar-refractivity contribution in [1.29, 1.82) is 0 Å². The molecule has 2 heterocycles. The van der Waals surface area contributed by atoms with Gasteiger partial charge in [-0.1, -0.05) is 0 Å². The van der Waals surface area contributed by atoms with E-state index in [1.807, 2.05) is 0 Å². The number of aliphatic hydroxyl groups is 2. The summed E-state index contributed by atoms with van der Waals surface area (Å²) >= 11 is 0. The van der Waals surface area contributed by atoms with E-state index in [2.05, 4.69) is 25.9 Å². The summed E-state index contributed by atoms with van der Waals surface area (Å²) in [5.41, 5.74) is 20.5. The SMILES string of the molecule is CNCC(=O)N[C@@H](CN=C(N)N)C(=O)N[C@@H]1[C@@H](O)[C@@H](O)[C@H](n2ccc(N)nc2=O)O[C@@H]1C(N)=O. The van der Waals surface area contributed by atoms with Gasteiger partial charge in [-0.15, -0.1) is 0 Å². The predicted molar refractivity (Wildman–Crippen MR) is 116 cm³/mol. The number of carbonyl (C=O) groups is 3. The van der Waals surface area contributed by atoms with Gasteiger partial charge in [0.2, 0.25) is 17.7 Å². The summed E-state index contributed by atoms with van der Waals surface area (Å²) in [4.78, 5) is 56.2. The molecule has 0 unspecified atom stereocenters. The van der Waals surface area contributed by atoms with E-state index in [0.717, 1.165) is 10.8 Å². The Hall–Kier alpha value is -3.80. The number of amides is 3. The van der Waals surface area contributed by atoms with Crippen LogP contribution in [0.2, 0.25) is 0 Å². The monoisotopic (exact) mass is 484 g/mol. The number of guanidine groups is 1. The van der Waals surface area contributed by atoms with Crippen LogP contribution >= 0.6 is 0 Å². The molecule has 3 amide bonds. The second-order valence-corrected chi connectivity index (χ2v) is 7.32. The maximum atomic E-state index is 12.9. The largest absolute Gasteiger partial charge is 0.388 e. The number of nitrogens with two attached hydrogens (primary N) is 4. The van der Waals surface area contributed by atoms with Crippen molar-refractivity contribution in [2.24, 2.45) is 22.2 Å². The summed E-state index contributed by atoms with van der Waals surface area (Å²) in [6.07, 6.45) is -5.76. The van der Waals surface area contributed by atoms with E-state index < -0.39 is 60.0 Å². The number of primary amides is 1. The molecule has 0 saturated carbocycles. The molecule has 13 N–H and O–H groups in total. The molecule has 1 saturated heterocycles. The fourth-order valence-electron chi connectivity index (χ4n) is 3.19. The topological polar surface area (TPSA) is 288 Å². The second kappa shape index (κ2) is 11.4. The number of ether oxygens (including phenoxy) is 1. The molecule has 1 aliphatic rings.